The van der Waals surface area contributed by atoms with Gasteiger partial charge in [-0.1, -0.05) is 13.0 Å². The molecule has 0 unspecified atom stereocenters. The molecule has 0 aromatic heterocycles. The Balaban J connectivity index is 2.44. The van der Waals surface area contributed by atoms with Crippen molar-refractivity contribution in [3.05, 3.63) is 12.7 Å². The van der Waals surface area contributed by atoms with E-state index in [1.807, 2.05) is 4.90 Å². The lowest BCUT2D eigenvalue weighted by Crippen LogP contribution is -2.50. The molecule has 3 nitrogen and oxygen atoms in total. The lowest BCUT2D eigenvalue weighted by Gasteiger charge is -2.38. The van der Waals surface area contributed by atoms with Crippen molar-refractivity contribution in [2.75, 3.05) is 13.1 Å². The SMILES string of the molecule is C=CCN(CCC)C(=O)CC1(N)CCC1. The van der Waals surface area contributed by atoms with Gasteiger partial charge in [-0.05, 0) is 25.7 Å². The minimum Gasteiger partial charge on any atom is -0.339 e. The average molecular weight is 210 g/mol. The number of amides is 1. The van der Waals surface area contributed by atoms with Crippen LogP contribution in [0.15, 0.2) is 12.7 Å². The summed E-state index contributed by atoms with van der Waals surface area (Å²) in [6, 6.07) is 0. The molecule has 2 N–H and O–H groups in total. The quantitative estimate of drug-likeness (QED) is 0.678. The first-order valence-corrected chi connectivity index (χ1v) is 5.79. The van der Waals surface area contributed by atoms with Gasteiger partial charge in [0.2, 0.25) is 5.91 Å². The van der Waals surface area contributed by atoms with Crippen LogP contribution in [0.3, 0.4) is 0 Å². The average Bonchev–Trinajstić information content (AvgIpc) is 2.15. The van der Waals surface area contributed by atoms with Gasteiger partial charge >= 0.3 is 0 Å². The molecular formula is C12H22N2O. The van der Waals surface area contributed by atoms with Crippen molar-refractivity contribution in [2.24, 2.45) is 5.73 Å². The van der Waals surface area contributed by atoms with E-state index in [1.54, 1.807) is 6.08 Å². The van der Waals surface area contributed by atoms with E-state index in [-0.39, 0.29) is 11.4 Å². The fourth-order valence-electron chi connectivity index (χ4n) is 1.96. The van der Waals surface area contributed by atoms with Crippen molar-refractivity contribution in [2.45, 2.75) is 44.6 Å². The van der Waals surface area contributed by atoms with Gasteiger partial charge < -0.3 is 10.6 Å². The molecule has 1 rings (SSSR count). The minimum atomic E-state index is -0.204. The predicted molar refractivity (Wildman–Crippen MR) is 62.5 cm³/mol. The van der Waals surface area contributed by atoms with E-state index in [0.717, 1.165) is 25.8 Å². The van der Waals surface area contributed by atoms with Gasteiger partial charge in [-0.3, -0.25) is 4.79 Å². The van der Waals surface area contributed by atoms with Crippen LogP contribution in [-0.4, -0.2) is 29.4 Å². The summed E-state index contributed by atoms with van der Waals surface area (Å²) >= 11 is 0. The van der Waals surface area contributed by atoms with Crippen LogP contribution in [0, 0.1) is 0 Å². The predicted octanol–water partition coefficient (Wildman–Crippen LogP) is 1.68. The summed E-state index contributed by atoms with van der Waals surface area (Å²) in [6.45, 7) is 7.19. The zero-order valence-corrected chi connectivity index (χ0v) is 9.67. The number of hydrogen-bond acceptors (Lipinski definition) is 2. The van der Waals surface area contributed by atoms with Gasteiger partial charge in [0, 0.05) is 25.0 Å². The van der Waals surface area contributed by atoms with Crippen LogP contribution < -0.4 is 5.73 Å². The molecule has 0 atom stereocenters. The summed E-state index contributed by atoms with van der Waals surface area (Å²) in [7, 11) is 0. The third kappa shape index (κ3) is 3.34. The molecule has 0 spiro atoms. The first-order chi connectivity index (χ1) is 7.11. The molecular weight excluding hydrogens is 188 g/mol. The number of hydrogen-bond donors (Lipinski definition) is 1. The van der Waals surface area contributed by atoms with Crippen molar-refractivity contribution in [3.8, 4) is 0 Å². The maximum atomic E-state index is 11.9. The van der Waals surface area contributed by atoms with Crippen LogP contribution in [0.1, 0.15) is 39.0 Å². The molecule has 0 aromatic carbocycles. The molecule has 15 heavy (non-hydrogen) atoms. The number of nitrogens with two attached hydrogens (primary N) is 1. The highest BCUT2D eigenvalue weighted by atomic mass is 16.2. The molecule has 1 aliphatic carbocycles. The van der Waals surface area contributed by atoms with E-state index in [0.29, 0.717) is 13.0 Å². The third-order valence-electron chi connectivity index (χ3n) is 3.05. The maximum absolute atomic E-state index is 11.9. The van der Waals surface area contributed by atoms with Gasteiger partial charge in [0.05, 0.1) is 0 Å². The number of nitrogens with zero attached hydrogens (tertiary/aromatic N) is 1. The zero-order valence-electron chi connectivity index (χ0n) is 9.67. The summed E-state index contributed by atoms with van der Waals surface area (Å²) < 4.78 is 0. The largest absolute Gasteiger partial charge is 0.339 e. The molecule has 3 heteroatoms. The Hall–Kier alpha value is -0.830. The normalized spacial score (nSPS) is 18.0. The Labute approximate surface area is 92.3 Å². The molecule has 1 saturated carbocycles. The lowest BCUT2D eigenvalue weighted by molar-refractivity contribution is -0.132. The van der Waals surface area contributed by atoms with Crippen molar-refractivity contribution >= 4 is 5.91 Å². The Morgan fingerprint density at radius 2 is 2.27 bits per heavy atom. The second-order valence-electron chi connectivity index (χ2n) is 4.52. The van der Waals surface area contributed by atoms with E-state index in [4.69, 9.17) is 5.73 Å². The molecule has 86 valence electrons. The van der Waals surface area contributed by atoms with Crippen molar-refractivity contribution in [3.63, 3.8) is 0 Å². The second-order valence-corrected chi connectivity index (χ2v) is 4.52. The van der Waals surface area contributed by atoms with E-state index >= 15 is 0 Å². The van der Waals surface area contributed by atoms with E-state index in [1.165, 1.54) is 6.42 Å². The highest BCUT2D eigenvalue weighted by Gasteiger charge is 2.35. The van der Waals surface area contributed by atoms with E-state index in [2.05, 4.69) is 13.5 Å². The van der Waals surface area contributed by atoms with Gasteiger partial charge in [-0.25, -0.2) is 0 Å². The fraction of sp³-hybridized carbons (Fsp3) is 0.750. The fourth-order valence-corrected chi connectivity index (χ4v) is 1.96. The van der Waals surface area contributed by atoms with Crippen LogP contribution in [0.2, 0.25) is 0 Å². The van der Waals surface area contributed by atoms with Gasteiger partial charge in [0.1, 0.15) is 0 Å². The molecule has 0 saturated heterocycles. The van der Waals surface area contributed by atoms with E-state index in [9.17, 15) is 4.79 Å². The van der Waals surface area contributed by atoms with Gasteiger partial charge in [-0.2, -0.15) is 0 Å². The number of carbonyl (C=O) groups excluding carboxylic acids is 1. The van der Waals surface area contributed by atoms with Gasteiger partial charge in [0.25, 0.3) is 0 Å². The van der Waals surface area contributed by atoms with Crippen LogP contribution in [-0.2, 0) is 4.79 Å². The Morgan fingerprint density at radius 1 is 1.60 bits per heavy atom. The first-order valence-electron chi connectivity index (χ1n) is 5.79. The summed E-state index contributed by atoms with van der Waals surface area (Å²) in [4.78, 5) is 13.8. The minimum absolute atomic E-state index is 0.180. The lowest BCUT2D eigenvalue weighted by atomic mass is 9.75. The summed E-state index contributed by atoms with van der Waals surface area (Å²) in [5.74, 6) is 0.180. The second kappa shape index (κ2) is 5.31. The van der Waals surface area contributed by atoms with Crippen molar-refractivity contribution in [1.29, 1.82) is 0 Å². The number of rotatable bonds is 6. The van der Waals surface area contributed by atoms with Crippen LogP contribution >= 0.6 is 0 Å². The smallest absolute Gasteiger partial charge is 0.224 e. The topological polar surface area (TPSA) is 46.3 Å². The molecule has 0 aliphatic heterocycles. The molecule has 0 heterocycles. The Morgan fingerprint density at radius 3 is 2.67 bits per heavy atom. The molecule has 1 amide bonds. The zero-order chi connectivity index (χ0) is 11.3. The summed E-state index contributed by atoms with van der Waals surface area (Å²) in [6.07, 6.45) is 6.41. The molecule has 0 radical (unpaired) electrons. The van der Waals surface area contributed by atoms with Crippen LogP contribution in [0.25, 0.3) is 0 Å². The van der Waals surface area contributed by atoms with E-state index < -0.39 is 0 Å². The Bertz CT molecular complexity index is 234. The Kier molecular flexibility index (Phi) is 4.33. The standard InChI is InChI=1S/C12H22N2O/c1-3-8-14(9-4-2)11(15)10-12(13)6-5-7-12/h3H,1,4-10,13H2,2H3. The highest BCUT2D eigenvalue weighted by Crippen LogP contribution is 2.32. The van der Waals surface area contributed by atoms with Crippen LogP contribution in [0.5, 0.6) is 0 Å². The van der Waals surface area contributed by atoms with Crippen molar-refractivity contribution < 1.29 is 4.79 Å². The van der Waals surface area contributed by atoms with Gasteiger partial charge in [0.15, 0.2) is 0 Å². The molecule has 1 fully saturated rings. The third-order valence-corrected chi connectivity index (χ3v) is 3.05. The van der Waals surface area contributed by atoms with Gasteiger partial charge in [-0.15, -0.1) is 6.58 Å². The van der Waals surface area contributed by atoms with Crippen molar-refractivity contribution in [1.82, 2.24) is 4.90 Å². The number of carbonyl (C=O) groups is 1. The first kappa shape index (κ1) is 12.2. The summed E-state index contributed by atoms with van der Waals surface area (Å²) in [5.41, 5.74) is 5.86. The monoisotopic (exact) mass is 210 g/mol. The highest BCUT2D eigenvalue weighted by molar-refractivity contribution is 5.77. The molecule has 0 bridgehead atoms. The maximum Gasteiger partial charge on any atom is 0.224 e. The molecule has 0 aromatic rings. The molecule has 1 aliphatic rings. The van der Waals surface area contributed by atoms with Crippen LogP contribution in [0.4, 0.5) is 0 Å². The summed E-state index contributed by atoms with van der Waals surface area (Å²) in [5, 5.41) is 0.